The summed E-state index contributed by atoms with van der Waals surface area (Å²) in [5.74, 6) is 0.0812. The van der Waals surface area contributed by atoms with Crippen LogP contribution in [0.1, 0.15) is 29.0 Å². The van der Waals surface area contributed by atoms with Crippen molar-refractivity contribution in [3.05, 3.63) is 46.0 Å². The summed E-state index contributed by atoms with van der Waals surface area (Å²) < 4.78 is 1.76. The predicted molar refractivity (Wildman–Crippen MR) is 111 cm³/mol. The van der Waals surface area contributed by atoms with Gasteiger partial charge in [-0.05, 0) is 31.0 Å². The summed E-state index contributed by atoms with van der Waals surface area (Å²) >= 11 is 12.2. The fraction of sp³-hybridized carbons (Fsp3) is 0.368. The highest BCUT2D eigenvalue weighted by molar-refractivity contribution is 6.37. The first-order valence-corrected chi connectivity index (χ1v) is 10.1. The second-order valence-electron chi connectivity index (χ2n) is 7.04. The van der Waals surface area contributed by atoms with Crippen molar-refractivity contribution >= 4 is 46.0 Å². The number of aromatic nitrogens is 4. The van der Waals surface area contributed by atoms with Gasteiger partial charge in [-0.25, -0.2) is 15.0 Å². The summed E-state index contributed by atoms with van der Waals surface area (Å²) in [6.07, 6.45) is 2.60. The molecule has 1 aromatic carbocycles. The number of fused-ring (bicyclic) bond motifs is 1. The number of carbonyl (C=O) groups is 1. The number of imidazole rings is 1. The fourth-order valence-electron chi connectivity index (χ4n) is 3.52. The van der Waals surface area contributed by atoms with Gasteiger partial charge in [0.15, 0.2) is 22.8 Å². The van der Waals surface area contributed by atoms with Crippen molar-refractivity contribution < 1.29 is 9.90 Å². The van der Waals surface area contributed by atoms with E-state index in [0.29, 0.717) is 34.8 Å². The van der Waals surface area contributed by atoms with Crippen LogP contribution in [0.2, 0.25) is 10.0 Å². The molecule has 3 heterocycles. The largest absolute Gasteiger partial charge is 0.393 e. The summed E-state index contributed by atoms with van der Waals surface area (Å²) in [6, 6.07) is 4.72. The Bertz CT molecular complexity index is 1060. The average Bonchev–Trinajstić information content (AvgIpc) is 3.07. The van der Waals surface area contributed by atoms with Gasteiger partial charge in [0.25, 0.3) is 0 Å². The van der Waals surface area contributed by atoms with E-state index >= 15 is 0 Å². The topological polar surface area (TPSA) is 110 Å². The molecule has 0 atom stereocenters. The number of piperidine rings is 1. The first kappa shape index (κ1) is 20.0. The van der Waals surface area contributed by atoms with Gasteiger partial charge in [-0.1, -0.05) is 23.2 Å². The first-order chi connectivity index (χ1) is 13.9. The highest BCUT2D eigenvalue weighted by atomic mass is 35.5. The maximum atomic E-state index is 13.2. The molecule has 4 rings (SSSR count). The number of anilines is 1. The number of nitrogens with two attached hydrogens (primary N) is 1. The predicted octanol–water partition coefficient (Wildman–Crippen LogP) is 2.40. The number of rotatable bonds is 5. The minimum Gasteiger partial charge on any atom is -0.393 e. The number of benzene rings is 1. The van der Waals surface area contributed by atoms with Gasteiger partial charge in [0.2, 0.25) is 5.78 Å². The molecule has 0 radical (unpaired) electrons. The SMILES string of the molecule is Nc1ncnc2c1nc(C(=O)c1ccc(Cl)cc1Cl)n2CCN1CCC(O)CC1. The fourth-order valence-corrected chi connectivity index (χ4v) is 4.01. The van der Waals surface area contributed by atoms with E-state index in [4.69, 9.17) is 28.9 Å². The minimum atomic E-state index is -0.335. The van der Waals surface area contributed by atoms with Crippen LogP contribution in [0.4, 0.5) is 5.82 Å². The van der Waals surface area contributed by atoms with Gasteiger partial charge in [0.1, 0.15) is 6.33 Å². The first-order valence-electron chi connectivity index (χ1n) is 9.31. The maximum absolute atomic E-state index is 13.2. The maximum Gasteiger partial charge on any atom is 0.230 e. The van der Waals surface area contributed by atoms with Gasteiger partial charge >= 0.3 is 0 Å². The molecule has 8 nitrogen and oxygen atoms in total. The van der Waals surface area contributed by atoms with E-state index in [1.807, 2.05) is 0 Å². The van der Waals surface area contributed by atoms with Crippen LogP contribution in [0.5, 0.6) is 0 Å². The molecular formula is C19H20Cl2N6O2. The zero-order valence-electron chi connectivity index (χ0n) is 15.6. The van der Waals surface area contributed by atoms with Crippen LogP contribution in [0.25, 0.3) is 11.2 Å². The van der Waals surface area contributed by atoms with Gasteiger partial charge < -0.3 is 20.3 Å². The Labute approximate surface area is 177 Å². The van der Waals surface area contributed by atoms with Gasteiger partial charge in [-0.15, -0.1) is 0 Å². The van der Waals surface area contributed by atoms with Crippen LogP contribution in [0.3, 0.4) is 0 Å². The second kappa shape index (κ2) is 8.23. The molecule has 152 valence electrons. The lowest BCUT2D eigenvalue weighted by atomic mass is 10.1. The molecule has 29 heavy (non-hydrogen) atoms. The molecule has 10 heteroatoms. The smallest absolute Gasteiger partial charge is 0.230 e. The van der Waals surface area contributed by atoms with Crippen molar-refractivity contribution in [1.82, 2.24) is 24.4 Å². The Morgan fingerprint density at radius 2 is 1.97 bits per heavy atom. The number of hydrogen-bond donors (Lipinski definition) is 2. The molecule has 0 amide bonds. The van der Waals surface area contributed by atoms with E-state index in [0.717, 1.165) is 25.9 Å². The number of carbonyl (C=O) groups excluding carboxylic acids is 1. The number of nitrogens with zero attached hydrogens (tertiary/aromatic N) is 5. The lowest BCUT2D eigenvalue weighted by molar-refractivity contribution is 0.0809. The van der Waals surface area contributed by atoms with Crippen LogP contribution >= 0.6 is 23.2 Å². The number of nitrogen functional groups attached to an aromatic ring is 1. The third-order valence-corrected chi connectivity index (χ3v) is 5.68. The summed E-state index contributed by atoms with van der Waals surface area (Å²) in [5.41, 5.74) is 7.15. The van der Waals surface area contributed by atoms with Gasteiger partial charge in [-0.3, -0.25) is 4.79 Å². The van der Waals surface area contributed by atoms with E-state index < -0.39 is 0 Å². The Morgan fingerprint density at radius 1 is 1.21 bits per heavy atom. The molecule has 3 aromatic rings. The molecule has 1 aliphatic heterocycles. The molecule has 1 saturated heterocycles. The summed E-state index contributed by atoms with van der Waals surface area (Å²) in [5, 5.41) is 10.4. The minimum absolute atomic E-state index is 0.202. The zero-order valence-corrected chi connectivity index (χ0v) is 17.1. The zero-order chi connectivity index (χ0) is 20.5. The molecule has 0 aliphatic carbocycles. The van der Waals surface area contributed by atoms with Crippen LogP contribution < -0.4 is 5.73 Å². The number of ketones is 1. The molecule has 0 spiro atoms. The van der Waals surface area contributed by atoms with Crippen LogP contribution in [-0.4, -0.2) is 61.0 Å². The van der Waals surface area contributed by atoms with E-state index in [1.54, 1.807) is 16.7 Å². The van der Waals surface area contributed by atoms with Crippen LogP contribution in [-0.2, 0) is 6.54 Å². The molecule has 0 saturated carbocycles. The Hall–Kier alpha value is -2.26. The lowest BCUT2D eigenvalue weighted by Gasteiger charge is -2.29. The molecule has 2 aromatic heterocycles. The van der Waals surface area contributed by atoms with Gasteiger partial charge in [0, 0.05) is 36.8 Å². The molecular weight excluding hydrogens is 415 g/mol. The van der Waals surface area contributed by atoms with Crippen molar-refractivity contribution in [2.45, 2.75) is 25.5 Å². The standard InChI is InChI=1S/C19H20Cl2N6O2/c20-11-1-2-13(14(21)9-11)16(29)19-25-15-17(22)23-10-24-18(15)27(19)8-7-26-5-3-12(28)4-6-26/h1-2,9-10,12,28H,3-8H2,(H2,22,23,24). The second-order valence-corrected chi connectivity index (χ2v) is 7.89. The van der Waals surface area contributed by atoms with Crippen LogP contribution in [0.15, 0.2) is 24.5 Å². The summed E-state index contributed by atoms with van der Waals surface area (Å²) in [4.78, 5) is 28.2. The Balaban J connectivity index is 1.70. The van der Waals surface area contributed by atoms with Crippen molar-refractivity contribution in [2.24, 2.45) is 0 Å². The Morgan fingerprint density at radius 3 is 2.69 bits per heavy atom. The normalized spacial score (nSPS) is 15.8. The number of aliphatic hydroxyl groups excluding tert-OH is 1. The van der Waals surface area contributed by atoms with E-state index in [1.165, 1.54) is 12.4 Å². The third-order valence-electron chi connectivity index (χ3n) is 5.14. The average molecular weight is 435 g/mol. The molecule has 0 unspecified atom stereocenters. The molecule has 1 fully saturated rings. The highest BCUT2D eigenvalue weighted by Gasteiger charge is 2.24. The van der Waals surface area contributed by atoms with Crippen LogP contribution in [0, 0.1) is 0 Å². The molecule has 1 aliphatic rings. The van der Waals surface area contributed by atoms with Gasteiger partial charge in [-0.2, -0.15) is 0 Å². The molecule has 0 bridgehead atoms. The quantitative estimate of drug-likeness (QED) is 0.593. The highest BCUT2D eigenvalue weighted by Crippen LogP contribution is 2.26. The monoisotopic (exact) mass is 434 g/mol. The number of hydrogen-bond acceptors (Lipinski definition) is 7. The third kappa shape index (κ3) is 4.06. The van der Waals surface area contributed by atoms with E-state index in [9.17, 15) is 9.90 Å². The molecule has 3 N–H and O–H groups in total. The van der Waals surface area contributed by atoms with Crippen molar-refractivity contribution in [3.8, 4) is 0 Å². The van der Waals surface area contributed by atoms with Gasteiger partial charge in [0.05, 0.1) is 11.1 Å². The number of aliphatic hydroxyl groups is 1. The number of halogens is 2. The van der Waals surface area contributed by atoms with E-state index in [2.05, 4.69) is 19.9 Å². The number of likely N-dealkylation sites (tertiary alicyclic amines) is 1. The van der Waals surface area contributed by atoms with Crippen molar-refractivity contribution in [3.63, 3.8) is 0 Å². The van der Waals surface area contributed by atoms with Crippen molar-refractivity contribution in [1.29, 1.82) is 0 Å². The van der Waals surface area contributed by atoms with Crippen molar-refractivity contribution in [2.75, 3.05) is 25.4 Å². The summed E-state index contributed by atoms with van der Waals surface area (Å²) in [7, 11) is 0. The summed E-state index contributed by atoms with van der Waals surface area (Å²) in [6.45, 7) is 2.79. The Kier molecular flexibility index (Phi) is 5.69. The lowest BCUT2D eigenvalue weighted by Crippen LogP contribution is -2.37. The van der Waals surface area contributed by atoms with E-state index in [-0.39, 0.29) is 28.6 Å².